The summed E-state index contributed by atoms with van der Waals surface area (Å²) in [6.45, 7) is 4.25. The largest absolute Gasteiger partial charge is 0.480 e. The second-order valence-corrected chi connectivity index (χ2v) is 11.5. The zero-order chi connectivity index (χ0) is 26.4. The van der Waals surface area contributed by atoms with E-state index in [1.165, 1.54) is 0 Å². The average molecular weight is 516 g/mol. The minimum atomic E-state index is -0.733. The van der Waals surface area contributed by atoms with Gasteiger partial charge in [0.25, 0.3) is 5.91 Å². The van der Waals surface area contributed by atoms with E-state index >= 15 is 0 Å². The summed E-state index contributed by atoms with van der Waals surface area (Å²) in [6, 6.07) is 13.8. The van der Waals surface area contributed by atoms with Crippen LogP contribution < -0.4 is 10.4 Å². The van der Waals surface area contributed by atoms with Gasteiger partial charge in [0.15, 0.2) is 6.10 Å². The topological polar surface area (TPSA) is 80.0 Å². The van der Waals surface area contributed by atoms with E-state index in [0.717, 1.165) is 72.6 Å². The van der Waals surface area contributed by atoms with Crippen LogP contribution in [0.2, 0.25) is 0 Å². The van der Waals surface area contributed by atoms with Crippen LogP contribution in [0.5, 0.6) is 5.75 Å². The molecule has 0 unspecified atom stereocenters. The van der Waals surface area contributed by atoms with Crippen LogP contribution in [0.15, 0.2) is 51.7 Å². The Morgan fingerprint density at radius 3 is 2.63 bits per heavy atom. The summed E-state index contributed by atoms with van der Waals surface area (Å²) < 4.78 is 12.2. The van der Waals surface area contributed by atoms with Crippen LogP contribution in [0, 0.1) is 12.8 Å². The molecule has 1 saturated heterocycles. The van der Waals surface area contributed by atoms with Crippen molar-refractivity contribution in [1.82, 2.24) is 4.90 Å². The van der Waals surface area contributed by atoms with E-state index in [2.05, 4.69) is 12.1 Å². The number of ether oxygens (including phenoxy) is 1. The lowest BCUT2D eigenvalue weighted by Crippen LogP contribution is -2.58. The third-order valence-corrected chi connectivity index (χ3v) is 9.07. The number of carbonyl (C=O) groups is 1. The maximum absolute atomic E-state index is 14.1. The Hall–Kier alpha value is -3.12. The smallest absolute Gasteiger partial charge is 0.339 e. The minimum absolute atomic E-state index is 0.00430. The minimum Gasteiger partial charge on any atom is -0.480 e. The normalized spacial score (nSPS) is 25.9. The van der Waals surface area contributed by atoms with E-state index in [-0.39, 0.29) is 23.5 Å². The first-order chi connectivity index (χ1) is 18.4. The number of fused-ring (bicyclic) bond motifs is 4. The number of nitrogens with zero attached hydrogens (tertiary/aromatic N) is 1. The van der Waals surface area contributed by atoms with E-state index in [9.17, 15) is 14.7 Å². The molecule has 2 aromatic carbocycles. The Balaban J connectivity index is 1.35. The van der Waals surface area contributed by atoms with Crippen LogP contribution in [0.25, 0.3) is 11.0 Å². The van der Waals surface area contributed by atoms with Crippen molar-refractivity contribution in [3.63, 3.8) is 0 Å². The number of aliphatic hydroxyl groups is 1. The first kappa shape index (κ1) is 25.2. The molecule has 1 amide bonds. The number of piperidine rings is 1. The third kappa shape index (κ3) is 4.33. The number of carbonyl (C=O) groups excluding carboxylic acids is 1. The second-order valence-electron chi connectivity index (χ2n) is 11.5. The first-order valence-corrected chi connectivity index (χ1v) is 14.2. The lowest BCUT2D eigenvalue weighted by Gasteiger charge is -2.53. The molecule has 0 radical (unpaired) electrons. The van der Waals surface area contributed by atoms with Crippen molar-refractivity contribution in [3.05, 3.63) is 75.1 Å². The van der Waals surface area contributed by atoms with E-state index in [1.807, 2.05) is 49.1 Å². The van der Waals surface area contributed by atoms with Gasteiger partial charge < -0.3 is 19.2 Å². The van der Waals surface area contributed by atoms with Gasteiger partial charge in [-0.1, -0.05) is 43.2 Å². The van der Waals surface area contributed by atoms with Crippen LogP contribution >= 0.6 is 0 Å². The van der Waals surface area contributed by atoms with E-state index in [4.69, 9.17) is 9.15 Å². The van der Waals surface area contributed by atoms with E-state index in [1.54, 1.807) is 0 Å². The van der Waals surface area contributed by atoms with Crippen molar-refractivity contribution in [2.45, 2.75) is 89.4 Å². The van der Waals surface area contributed by atoms with Crippen molar-refractivity contribution in [3.8, 4) is 5.75 Å². The highest BCUT2D eigenvalue weighted by atomic mass is 16.5. The Bertz CT molecular complexity index is 1410. The molecule has 0 spiro atoms. The Kier molecular flexibility index (Phi) is 6.55. The molecule has 3 aromatic rings. The van der Waals surface area contributed by atoms with Crippen LogP contribution in [0.1, 0.15) is 80.2 Å². The Morgan fingerprint density at radius 1 is 1.08 bits per heavy atom. The van der Waals surface area contributed by atoms with Gasteiger partial charge in [0.05, 0.1) is 17.0 Å². The van der Waals surface area contributed by atoms with E-state index in [0.29, 0.717) is 30.7 Å². The maximum atomic E-state index is 14.1. The molecule has 2 aliphatic carbocycles. The van der Waals surface area contributed by atoms with Crippen molar-refractivity contribution < 1.29 is 19.1 Å². The molecule has 3 aliphatic rings. The Morgan fingerprint density at radius 2 is 1.84 bits per heavy atom. The van der Waals surface area contributed by atoms with Gasteiger partial charge in [0.1, 0.15) is 11.3 Å². The molecule has 6 rings (SSSR count). The fourth-order valence-electron chi connectivity index (χ4n) is 7.23. The van der Waals surface area contributed by atoms with Crippen LogP contribution in [-0.4, -0.2) is 34.2 Å². The van der Waals surface area contributed by atoms with Gasteiger partial charge in [-0.3, -0.25) is 4.79 Å². The molecule has 6 nitrogen and oxygen atoms in total. The molecule has 6 heteroatoms. The van der Waals surface area contributed by atoms with Crippen molar-refractivity contribution >= 4 is 16.9 Å². The van der Waals surface area contributed by atoms with Gasteiger partial charge in [-0.05, 0) is 87.6 Å². The summed E-state index contributed by atoms with van der Waals surface area (Å²) in [5.74, 6) is 0.530. The fourth-order valence-corrected chi connectivity index (χ4v) is 7.23. The van der Waals surface area contributed by atoms with Crippen molar-refractivity contribution in [2.24, 2.45) is 5.92 Å². The fraction of sp³-hybridized carbons (Fsp3) is 0.500. The summed E-state index contributed by atoms with van der Waals surface area (Å²) in [7, 11) is 0. The second kappa shape index (κ2) is 9.88. The lowest BCUT2D eigenvalue weighted by atomic mass is 9.66. The summed E-state index contributed by atoms with van der Waals surface area (Å²) in [5, 5.41) is 12.4. The highest BCUT2D eigenvalue weighted by Crippen LogP contribution is 2.49. The van der Waals surface area contributed by atoms with Gasteiger partial charge in [0, 0.05) is 18.0 Å². The van der Waals surface area contributed by atoms with Gasteiger partial charge in [-0.2, -0.15) is 0 Å². The number of likely N-dealkylation sites (tertiary alicyclic amines) is 1. The predicted octanol–water partition coefficient (Wildman–Crippen LogP) is 5.64. The molecule has 0 bridgehead atoms. The summed E-state index contributed by atoms with van der Waals surface area (Å²) in [5.41, 5.74) is 3.26. The van der Waals surface area contributed by atoms with Gasteiger partial charge >= 0.3 is 5.63 Å². The number of hydrogen-bond donors (Lipinski definition) is 1. The standard InChI is InChI=1S/C32H37NO5/c1-20-18-26(28-23-12-6-7-13-24(23)31(35)38-27(28)19-20)37-21(2)30(34)33-17-16-32(36)15-9-8-14-25(32)29(33)22-10-4-3-5-11-22/h3-5,10-11,18-19,21,25,29,36H,6-9,12-17H2,1-2H3/t21-,25-,29+,32+/m1/s1. The van der Waals surface area contributed by atoms with E-state index < -0.39 is 11.7 Å². The van der Waals surface area contributed by atoms with Crippen molar-refractivity contribution in [1.29, 1.82) is 0 Å². The number of amides is 1. The molecule has 1 aliphatic heterocycles. The molecule has 200 valence electrons. The molecule has 1 aromatic heterocycles. The monoisotopic (exact) mass is 515 g/mol. The summed E-state index contributed by atoms with van der Waals surface area (Å²) >= 11 is 0. The SMILES string of the molecule is Cc1cc(O[C@H](C)C(=O)N2CC[C@@]3(O)CCCC[C@@H]3[C@@H]2c2ccccc2)c2c3c(c(=O)oc2c1)CCCC3. The number of aryl methyl sites for hydroxylation is 2. The predicted molar refractivity (Wildman–Crippen MR) is 146 cm³/mol. The van der Waals surface area contributed by atoms with Gasteiger partial charge in [-0.15, -0.1) is 0 Å². The summed E-state index contributed by atoms with van der Waals surface area (Å²) in [6.07, 6.45) is 7.17. The van der Waals surface area contributed by atoms with Gasteiger partial charge in [0.2, 0.25) is 0 Å². The molecule has 2 fully saturated rings. The molecule has 4 atom stereocenters. The van der Waals surface area contributed by atoms with Crippen LogP contribution in [-0.2, 0) is 17.6 Å². The van der Waals surface area contributed by atoms with Crippen molar-refractivity contribution in [2.75, 3.05) is 6.54 Å². The number of hydrogen-bond acceptors (Lipinski definition) is 5. The average Bonchev–Trinajstić information content (AvgIpc) is 2.92. The zero-order valence-corrected chi connectivity index (χ0v) is 22.4. The molecular weight excluding hydrogens is 478 g/mol. The van der Waals surface area contributed by atoms with Crippen LogP contribution in [0.3, 0.4) is 0 Å². The highest BCUT2D eigenvalue weighted by molar-refractivity contribution is 5.89. The molecule has 38 heavy (non-hydrogen) atoms. The number of rotatable bonds is 4. The Labute approximate surface area is 223 Å². The molecule has 2 heterocycles. The quantitative estimate of drug-likeness (QED) is 0.455. The lowest BCUT2D eigenvalue weighted by molar-refractivity contribution is -0.161. The molecular formula is C32H37NO5. The third-order valence-electron chi connectivity index (χ3n) is 9.07. The van der Waals surface area contributed by atoms with Crippen LogP contribution in [0.4, 0.5) is 0 Å². The number of benzene rings is 2. The summed E-state index contributed by atoms with van der Waals surface area (Å²) in [4.78, 5) is 28.7. The first-order valence-electron chi connectivity index (χ1n) is 14.2. The molecule has 1 saturated carbocycles. The zero-order valence-electron chi connectivity index (χ0n) is 22.4. The maximum Gasteiger partial charge on any atom is 0.339 e. The highest BCUT2D eigenvalue weighted by Gasteiger charge is 2.50. The van der Waals surface area contributed by atoms with Gasteiger partial charge in [-0.25, -0.2) is 4.79 Å². The molecule has 1 N–H and O–H groups in total.